The van der Waals surface area contributed by atoms with Gasteiger partial charge in [0.1, 0.15) is 5.75 Å². The van der Waals surface area contributed by atoms with Gasteiger partial charge in [-0.25, -0.2) is 0 Å². The van der Waals surface area contributed by atoms with Crippen LogP contribution in [0.4, 0.5) is 14.5 Å². The summed E-state index contributed by atoms with van der Waals surface area (Å²) in [5.41, 5.74) is 6.24. The molecule has 0 radical (unpaired) electrons. The molecular weight excluding hydrogens is 314 g/mol. The van der Waals surface area contributed by atoms with Crippen LogP contribution in [0.1, 0.15) is 32.6 Å². The van der Waals surface area contributed by atoms with Crippen molar-refractivity contribution in [2.24, 2.45) is 11.7 Å². The smallest absolute Gasteiger partial charge is 0.387 e. The average molecular weight is 335 g/mol. The number of halogens is 3. The summed E-state index contributed by atoms with van der Waals surface area (Å²) in [6, 6.07) is 5.85. The number of nitrogens with one attached hydrogen (secondary N) is 1. The predicted octanol–water partition coefficient (Wildman–Crippen LogP) is 3.56. The van der Waals surface area contributed by atoms with Gasteiger partial charge in [0.15, 0.2) is 0 Å². The molecule has 7 heteroatoms. The van der Waals surface area contributed by atoms with Gasteiger partial charge >= 0.3 is 6.61 Å². The first kappa shape index (κ1) is 18.6. The Morgan fingerprint density at radius 3 is 2.55 bits per heavy atom. The second-order valence-corrected chi connectivity index (χ2v) is 5.70. The highest BCUT2D eigenvalue weighted by molar-refractivity contribution is 5.93. The van der Waals surface area contributed by atoms with Gasteiger partial charge < -0.3 is 15.8 Å². The van der Waals surface area contributed by atoms with Crippen LogP contribution in [0.5, 0.6) is 5.75 Å². The van der Waals surface area contributed by atoms with E-state index in [9.17, 15) is 13.6 Å². The number of hydrogen-bond donors (Lipinski definition) is 2. The quantitative estimate of drug-likeness (QED) is 0.885. The maximum absolute atomic E-state index is 12.3. The first-order valence-electron chi connectivity index (χ1n) is 7.03. The Balaban J connectivity index is 0.00000242. The van der Waals surface area contributed by atoms with Crippen LogP contribution in [0, 0.1) is 5.92 Å². The number of carbonyl (C=O) groups excluding carboxylic acids is 1. The second kappa shape index (κ2) is 7.74. The maximum atomic E-state index is 12.3. The van der Waals surface area contributed by atoms with Crippen molar-refractivity contribution in [1.29, 1.82) is 0 Å². The number of ether oxygens (including phenoxy) is 1. The van der Waals surface area contributed by atoms with Crippen LogP contribution in [0.2, 0.25) is 0 Å². The lowest BCUT2D eigenvalue weighted by Gasteiger charge is -2.37. The number of carbonyl (C=O) groups is 1. The first-order valence-corrected chi connectivity index (χ1v) is 7.03. The summed E-state index contributed by atoms with van der Waals surface area (Å²) < 4.78 is 28.4. The molecule has 4 nitrogen and oxygen atoms in total. The molecule has 3 N–H and O–H groups in total. The molecule has 22 heavy (non-hydrogen) atoms. The molecule has 1 fully saturated rings. The lowest BCUT2D eigenvalue weighted by molar-refractivity contribution is -0.122. The van der Waals surface area contributed by atoms with Gasteiger partial charge in [-0.05, 0) is 44.0 Å². The van der Waals surface area contributed by atoms with Crippen molar-refractivity contribution in [3.05, 3.63) is 24.3 Å². The normalized spacial score (nSPS) is 24.5. The highest BCUT2D eigenvalue weighted by Crippen LogP contribution is 2.32. The molecule has 0 saturated heterocycles. The van der Waals surface area contributed by atoms with Gasteiger partial charge in [0.2, 0.25) is 5.91 Å². The van der Waals surface area contributed by atoms with E-state index in [1.807, 2.05) is 6.92 Å². The van der Waals surface area contributed by atoms with Crippen molar-refractivity contribution in [1.82, 2.24) is 0 Å². The number of anilines is 1. The van der Waals surface area contributed by atoms with Gasteiger partial charge in [-0.2, -0.15) is 8.78 Å². The Labute approximate surface area is 134 Å². The molecule has 0 heterocycles. The van der Waals surface area contributed by atoms with Crippen LogP contribution < -0.4 is 15.8 Å². The molecule has 1 aromatic carbocycles. The second-order valence-electron chi connectivity index (χ2n) is 5.70. The number of hydrogen-bond acceptors (Lipinski definition) is 3. The summed E-state index contributed by atoms with van der Waals surface area (Å²) in [5, 5.41) is 2.79. The number of nitrogens with two attached hydrogens (primary N) is 1. The highest BCUT2D eigenvalue weighted by Gasteiger charge is 2.37. The topological polar surface area (TPSA) is 64.4 Å². The lowest BCUT2D eigenvalue weighted by Crippen LogP contribution is -2.51. The summed E-state index contributed by atoms with van der Waals surface area (Å²) in [6.45, 7) is -0.957. The fraction of sp³-hybridized carbons (Fsp3) is 0.533. The molecule has 1 aromatic rings. The number of rotatable bonds is 4. The van der Waals surface area contributed by atoms with Gasteiger partial charge in [-0.3, -0.25) is 4.79 Å². The van der Waals surface area contributed by atoms with Crippen molar-refractivity contribution in [3.63, 3.8) is 0 Å². The monoisotopic (exact) mass is 334 g/mol. The largest absolute Gasteiger partial charge is 0.435 e. The first-order chi connectivity index (χ1) is 9.88. The third kappa shape index (κ3) is 4.81. The Kier molecular flexibility index (Phi) is 6.56. The SMILES string of the molecule is CC1(N)CCCCC1C(=O)Nc1ccc(OC(F)F)cc1.Cl. The van der Waals surface area contributed by atoms with E-state index in [1.54, 1.807) is 0 Å². The van der Waals surface area contributed by atoms with Crippen LogP contribution in [-0.4, -0.2) is 18.1 Å². The van der Waals surface area contributed by atoms with Crippen molar-refractivity contribution >= 4 is 24.0 Å². The maximum Gasteiger partial charge on any atom is 0.387 e. The van der Waals surface area contributed by atoms with Crippen LogP contribution in [-0.2, 0) is 4.79 Å². The van der Waals surface area contributed by atoms with Crippen LogP contribution in [0.3, 0.4) is 0 Å². The fourth-order valence-corrected chi connectivity index (χ4v) is 2.74. The molecule has 2 atom stereocenters. The average Bonchev–Trinajstić information content (AvgIpc) is 2.39. The van der Waals surface area contributed by atoms with Crippen LogP contribution >= 0.6 is 12.4 Å². The van der Waals surface area contributed by atoms with Crippen LogP contribution in [0.15, 0.2) is 24.3 Å². The highest BCUT2D eigenvalue weighted by atomic mass is 35.5. The summed E-state index contributed by atoms with van der Waals surface area (Å²) in [5.74, 6) is -0.296. The minimum Gasteiger partial charge on any atom is -0.435 e. The van der Waals surface area contributed by atoms with Crippen LogP contribution in [0.25, 0.3) is 0 Å². The summed E-state index contributed by atoms with van der Waals surface area (Å²) in [6.07, 6.45) is 3.63. The van der Waals surface area contributed by atoms with E-state index in [4.69, 9.17) is 5.73 Å². The fourth-order valence-electron chi connectivity index (χ4n) is 2.74. The Morgan fingerprint density at radius 2 is 2.00 bits per heavy atom. The third-order valence-corrected chi connectivity index (χ3v) is 3.92. The van der Waals surface area contributed by atoms with Crippen molar-refractivity contribution in [2.75, 3.05) is 5.32 Å². The zero-order valence-electron chi connectivity index (χ0n) is 12.4. The van der Waals surface area contributed by atoms with Gasteiger partial charge in [0.25, 0.3) is 0 Å². The van der Waals surface area contributed by atoms with E-state index in [0.717, 1.165) is 25.7 Å². The molecule has 1 saturated carbocycles. The Morgan fingerprint density at radius 1 is 1.36 bits per heavy atom. The van der Waals surface area contributed by atoms with Gasteiger partial charge in [-0.15, -0.1) is 12.4 Å². The van der Waals surface area contributed by atoms with E-state index >= 15 is 0 Å². The van der Waals surface area contributed by atoms with Crippen molar-refractivity contribution < 1.29 is 18.3 Å². The standard InChI is InChI=1S/C15H20F2N2O2.ClH/c1-15(18)9-3-2-4-12(15)13(20)19-10-5-7-11(8-6-10)21-14(16)17;/h5-8,12,14H,2-4,9,18H2,1H3,(H,19,20);1H. The minimum atomic E-state index is -2.86. The Bertz CT molecular complexity index is 495. The molecule has 2 rings (SSSR count). The molecule has 1 aliphatic carbocycles. The number of alkyl halides is 2. The molecule has 1 amide bonds. The minimum absolute atomic E-state index is 0. The summed E-state index contributed by atoms with van der Waals surface area (Å²) in [4.78, 5) is 12.3. The van der Waals surface area contributed by atoms with E-state index < -0.39 is 12.2 Å². The molecular formula is C15H21ClF2N2O2. The van der Waals surface area contributed by atoms with E-state index in [-0.39, 0.29) is 30.0 Å². The lowest BCUT2D eigenvalue weighted by atomic mass is 9.74. The third-order valence-electron chi connectivity index (χ3n) is 3.92. The molecule has 1 aliphatic rings. The zero-order valence-corrected chi connectivity index (χ0v) is 13.2. The van der Waals surface area contributed by atoms with E-state index in [0.29, 0.717) is 5.69 Å². The van der Waals surface area contributed by atoms with E-state index in [1.165, 1.54) is 24.3 Å². The van der Waals surface area contributed by atoms with Crippen molar-refractivity contribution in [3.8, 4) is 5.75 Å². The van der Waals surface area contributed by atoms with Crippen molar-refractivity contribution in [2.45, 2.75) is 44.8 Å². The molecule has 0 spiro atoms. The molecule has 2 unspecified atom stereocenters. The summed E-state index contributed by atoms with van der Waals surface area (Å²) >= 11 is 0. The summed E-state index contributed by atoms with van der Waals surface area (Å²) in [7, 11) is 0. The Hall–Kier alpha value is -1.40. The number of amides is 1. The van der Waals surface area contributed by atoms with E-state index in [2.05, 4.69) is 10.1 Å². The molecule has 0 aromatic heterocycles. The number of benzene rings is 1. The molecule has 0 bridgehead atoms. The zero-order chi connectivity index (χ0) is 15.5. The van der Waals surface area contributed by atoms with Gasteiger partial charge in [0.05, 0.1) is 5.92 Å². The van der Waals surface area contributed by atoms with Gasteiger partial charge in [0, 0.05) is 11.2 Å². The molecule has 0 aliphatic heterocycles. The van der Waals surface area contributed by atoms with Gasteiger partial charge in [-0.1, -0.05) is 12.8 Å². The predicted molar refractivity (Wildman–Crippen MR) is 83.5 cm³/mol. The molecule has 124 valence electrons.